The number of fused-ring (bicyclic) bond motifs is 1. The van der Waals surface area contributed by atoms with Gasteiger partial charge in [0.05, 0.1) is 15.1 Å². The summed E-state index contributed by atoms with van der Waals surface area (Å²) in [5, 5.41) is 3.78. The molecule has 1 amide bonds. The highest BCUT2D eigenvalue weighted by Crippen LogP contribution is 2.28. The summed E-state index contributed by atoms with van der Waals surface area (Å²) in [5.41, 5.74) is 0.745. The van der Waals surface area contributed by atoms with Gasteiger partial charge in [-0.05, 0) is 48.9 Å². The van der Waals surface area contributed by atoms with E-state index in [4.69, 9.17) is 11.6 Å². The van der Waals surface area contributed by atoms with Crippen molar-refractivity contribution in [2.24, 2.45) is 0 Å². The van der Waals surface area contributed by atoms with Crippen LogP contribution in [0.3, 0.4) is 0 Å². The molecule has 0 aliphatic carbocycles. The number of nitrogens with zero attached hydrogens (tertiary/aromatic N) is 2. The number of hydrogen-bond donors (Lipinski definition) is 1. The lowest BCUT2D eigenvalue weighted by molar-refractivity contribution is -0.116. The molecule has 10 heteroatoms. The quantitative estimate of drug-likeness (QED) is 0.598. The molecule has 0 spiro atoms. The molecule has 28 heavy (non-hydrogen) atoms. The third-order valence-electron chi connectivity index (χ3n) is 4.00. The highest BCUT2D eigenvalue weighted by Gasteiger charge is 2.20. The van der Waals surface area contributed by atoms with Crippen LogP contribution in [0, 0.1) is 5.82 Å². The fourth-order valence-corrected chi connectivity index (χ4v) is 4.87. The van der Waals surface area contributed by atoms with Crippen LogP contribution in [0.2, 0.25) is 5.02 Å². The number of carbonyl (C=O) groups is 1. The van der Waals surface area contributed by atoms with Crippen LogP contribution in [0.25, 0.3) is 10.2 Å². The molecule has 0 bridgehead atoms. The standard InChI is InChI=1S/C18H17ClFN3O3S2/c1-23(28(25,26)14-7-5-13(20)6-8-14)10-2-3-17(24)22-18-21-15-9-4-12(19)11-16(15)27-18/h4-9,11H,2-3,10H2,1H3,(H,21,22,24). The minimum absolute atomic E-state index is 0.00832. The second-order valence-corrected chi connectivity index (χ2v) is 9.58. The lowest BCUT2D eigenvalue weighted by Gasteiger charge is -2.16. The van der Waals surface area contributed by atoms with Crippen LogP contribution in [0.5, 0.6) is 0 Å². The largest absolute Gasteiger partial charge is 0.302 e. The van der Waals surface area contributed by atoms with Crippen molar-refractivity contribution in [2.45, 2.75) is 17.7 Å². The third-order valence-corrected chi connectivity index (χ3v) is 7.04. The van der Waals surface area contributed by atoms with E-state index in [-0.39, 0.29) is 23.8 Å². The van der Waals surface area contributed by atoms with E-state index < -0.39 is 15.8 Å². The molecule has 0 unspecified atom stereocenters. The fraction of sp³-hybridized carbons (Fsp3) is 0.222. The van der Waals surface area contributed by atoms with Crippen molar-refractivity contribution in [2.75, 3.05) is 18.9 Å². The SMILES string of the molecule is CN(CCCC(=O)Nc1nc2ccc(Cl)cc2s1)S(=O)(=O)c1ccc(F)cc1. The monoisotopic (exact) mass is 441 g/mol. The average molecular weight is 442 g/mol. The zero-order valence-corrected chi connectivity index (χ0v) is 17.2. The number of sulfonamides is 1. The van der Waals surface area contributed by atoms with Crippen molar-refractivity contribution in [1.82, 2.24) is 9.29 Å². The number of carbonyl (C=O) groups excluding carboxylic acids is 1. The van der Waals surface area contributed by atoms with E-state index in [9.17, 15) is 17.6 Å². The summed E-state index contributed by atoms with van der Waals surface area (Å²) >= 11 is 7.26. The zero-order valence-electron chi connectivity index (χ0n) is 14.9. The average Bonchev–Trinajstić information content (AvgIpc) is 3.03. The Morgan fingerprint density at radius 1 is 1.25 bits per heavy atom. The van der Waals surface area contributed by atoms with Gasteiger partial charge in [-0.2, -0.15) is 0 Å². The molecule has 3 rings (SSSR count). The van der Waals surface area contributed by atoms with Crippen molar-refractivity contribution < 1.29 is 17.6 Å². The van der Waals surface area contributed by atoms with Crippen LogP contribution in [0.15, 0.2) is 47.4 Å². The van der Waals surface area contributed by atoms with E-state index >= 15 is 0 Å². The first-order valence-corrected chi connectivity index (χ1v) is 11.0. The van der Waals surface area contributed by atoms with E-state index in [1.54, 1.807) is 18.2 Å². The molecule has 0 fully saturated rings. The minimum Gasteiger partial charge on any atom is -0.302 e. The van der Waals surface area contributed by atoms with Gasteiger partial charge in [0.2, 0.25) is 15.9 Å². The van der Waals surface area contributed by atoms with Gasteiger partial charge in [0.15, 0.2) is 5.13 Å². The molecule has 2 aromatic carbocycles. The third kappa shape index (κ3) is 4.85. The lowest BCUT2D eigenvalue weighted by Crippen LogP contribution is -2.28. The van der Waals surface area contributed by atoms with Crippen LogP contribution in [0.1, 0.15) is 12.8 Å². The van der Waals surface area contributed by atoms with Crippen molar-refractivity contribution in [1.29, 1.82) is 0 Å². The van der Waals surface area contributed by atoms with Crippen molar-refractivity contribution in [3.05, 3.63) is 53.3 Å². The first-order chi connectivity index (χ1) is 13.3. The van der Waals surface area contributed by atoms with Gasteiger partial charge in [0, 0.05) is 25.0 Å². The van der Waals surface area contributed by atoms with Crippen LogP contribution >= 0.6 is 22.9 Å². The number of aromatic nitrogens is 1. The number of rotatable bonds is 7. The first kappa shape index (κ1) is 20.7. The van der Waals surface area contributed by atoms with Crippen molar-refractivity contribution in [3.63, 3.8) is 0 Å². The maximum atomic E-state index is 13.0. The Morgan fingerprint density at radius 2 is 1.96 bits per heavy atom. The van der Waals surface area contributed by atoms with Gasteiger partial charge in [0.25, 0.3) is 0 Å². The predicted molar refractivity (Wildman–Crippen MR) is 109 cm³/mol. The topological polar surface area (TPSA) is 79.4 Å². The highest BCUT2D eigenvalue weighted by atomic mass is 35.5. The maximum absolute atomic E-state index is 13.0. The summed E-state index contributed by atoms with van der Waals surface area (Å²) in [6.45, 7) is 0.155. The Labute approximate surface area is 171 Å². The molecule has 1 N–H and O–H groups in total. The Kier molecular flexibility index (Phi) is 6.29. The van der Waals surface area contributed by atoms with Gasteiger partial charge >= 0.3 is 0 Å². The summed E-state index contributed by atoms with van der Waals surface area (Å²) < 4.78 is 39.8. The molecule has 0 aliphatic heterocycles. The summed E-state index contributed by atoms with van der Waals surface area (Å²) in [6, 6.07) is 9.91. The Balaban J connectivity index is 1.53. The van der Waals surface area contributed by atoms with Crippen molar-refractivity contribution >= 4 is 54.2 Å². The molecule has 1 heterocycles. The summed E-state index contributed by atoms with van der Waals surface area (Å²) in [7, 11) is -2.30. The van der Waals surface area contributed by atoms with Crippen molar-refractivity contribution in [3.8, 4) is 0 Å². The molecule has 0 saturated heterocycles. The molecular weight excluding hydrogens is 425 g/mol. The molecule has 3 aromatic rings. The van der Waals surface area contributed by atoms with Gasteiger partial charge in [-0.1, -0.05) is 22.9 Å². The number of amides is 1. The number of hydrogen-bond acceptors (Lipinski definition) is 5. The number of thiazole rings is 1. The summed E-state index contributed by atoms with van der Waals surface area (Å²) in [6.07, 6.45) is 0.472. The minimum atomic E-state index is -3.72. The number of nitrogens with one attached hydrogen (secondary N) is 1. The van der Waals surface area contributed by atoms with E-state index in [0.29, 0.717) is 16.6 Å². The zero-order chi connectivity index (χ0) is 20.3. The maximum Gasteiger partial charge on any atom is 0.242 e. The highest BCUT2D eigenvalue weighted by molar-refractivity contribution is 7.89. The smallest absolute Gasteiger partial charge is 0.242 e. The molecule has 148 valence electrons. The van der Waals surface area contributed by atoms with E-state index in [1.807, 2.05) is 0 Å². The van der Waals surface area contributed by atoms with Gasteiger partial charge in [-0.15, -0.1) is 0 Å². The van der Waals surface area contributed by atoms with E-state index in [2.05, 4.69) is 10.3 Å². The normalized spacial score (nSPS) is 11.9. The summed E-state index contributed by atoms with van der Waals surface area (Å²) in [5.74, 6) is -0.756. The molecule has 0 atom stereocenters. The molecule has 6 nitrogen and oxygen atoms in total. The molecule has 0 aliphatic rings. The molecule has 0 radical (unpaired) electrons. The van der Waals surface area contributed by atoms with Gasteiger partial charge in [-0.25, -0.2) is 22.1 Å². The number of benzene rings is 2. The predicted octanol–water partition coefficient (Wildman–Crippen LogP) is 4.13. The van der Waals surface area contributed by atoms with E-state index in [1.165, 1.54) is 30.5 Å². The molecular formula is C18H17ClFN3O3S2. The van der Waals surface area contributed by atoms with Crippen LogP contribution in [-0.4, -0.2) is 37.2 Å². The van der Waals surface area contributed by atoms with Crippen LogP contribution < -0.4 is 5.32 Å². The Morgan fingerprint density at radius 3 is 2.68 bits per heavy atom. The summed E-state index contributed by atoms with van der Waals surface area (Å²) in [4.78, 5) is 16.4. The molecule has 1 aromatic heterocycles. The van der Waals surface area contributed by atoms with Gasteiger partial charge < -0.3 is 5.32 Å². The van der Waals surface area contributed by atoms with Gasteiger partial charge in [-0.3, -0.25) is 4.79 Å². The Bertz CT molecular complexity index is 1100. The van der Waals surface area contributed by atoms with E-state index in [0.717, 1.165) is 26.7 Å². The molecule has 0 saturated carbocycles. The fourth-order valence-electron chi connectivity index (χ4n) is 2.50. The lowest BCUT2D eigenvalue weighted by atomic mass is 10.3. The van der Waals surface area contributed by atoms with Crippen LogP contribution in [0.4, 0.5) is 9.52 Å². The van der Waals surface area contributed by atoms with Crippen LogP contribution in [-0.2, 0) is 14.8 Å². The number of halogens is 2. The Hall–Kier alpha value is -2.07. The second-order valence-electron chi connectivity index (χ2n) is 6.06. The van der Waals surface area contributed by atoms with Gasteiger partial charge in [0.1, 0.15) is 5.82 Å². The first-order valence-electron chi connectivity index (χ1n) is 8.33. The second kappa shape index (κ2) is 8.52. The number of anilines is 1.